The molecule has 1 saturated carbocycles. The monoisotopic (exact) mass is 267 g/mol. The maximum atomic E-state index is 11.3. The summed E-state index contributed by atoms with van der Waals surface area (Å²) in [6.45, 7) is 3.86. The van der Waals surface area contributed by atoms with E-state index >= 15 is 0 Å². The minimum absolute atomic E-state index is 0. The molecule has 0 unspecified atom stereocenters. The number of piperidine rings is 1. The van der Waals surface area contributed by atoms with Crippen LogP contribution in [0.5, 0.6) is 0 Å². The van der Waals surface area contributed by atoms with Gasteiger partial charge >= 0.3 is 5.97 Å². The number of hydrogen-bond acceptors (Lipinski definition) is 2. The Hall–Kier alpha value is -1.06. The molecule has 0 spiro atoms. The Bertz CT molecular complexity index is 450. The number of benzene rings is 1. The molecule has 1 aliphatic heterocycles. The molecule has 1 aliphatic carbocycles. The Morgan fingerprint density at radius 1 is 1.44 bits per heavy atom. The number of halogens is 1. The fourth-order valence-electron chi connectivity index (χ4n) is 3.31. The predicted octanol–water partition coefficient (Wildman–Crippen LogP) is 2.40. The molecule has 3 nitrogen and oxygen atoms in total. The lowest BCUT2D eigenvalue weighted by molar-refractivity contribution is -0.145. The fourth-order valence-corrected chi connectivity index (χ4v) is 3.31. The van der Waals surface area contributed by atoms with Crippen LogP contribution in [0.1, 0.15) is 18.9 Å². The zero-order valence-corrected chi connectivity index (χ0v) is 11.2. The summed E-state index contributed by atoms with van der Waals surface area (Å²) in [7, 11) is 0. The van der Waals surface area contributed by atoms with Gasteiger partial charge in [-0.15, -0.1) is 12.4 Å². The van der Waals surface area contributed by atoms with E-state index in [0.717, 1.165) is 19.5 Å². The normalized spacial score (nSPS) is 33.6. The Balaban J connectivity index is 0.00000120. The Morgan fingerprint density at radius 3 is 2.67 bits per heavy atom. The third-order valence-electron chi connectivity index (χ3n) is 4.53. The predicted molar refractivity (Wildman–Crippen MR) is 71.7 cm³/mol. The average Bonchev–Trinajstić information content (AvgIpc) is 2.98. The molecule has 0 radical (unpaired) electrons. The third-order valence-corrected chi connectivity index (χ3v) is 4.53. The van der Waals surface area contributed by atoms with Gasteiger partial charge in [0.25, 0.3) is 0 Å². The second-order valence-corrected chi connectivity index (χ2v) is 5.34. The van der Waals surface area contributed by atoms with Crippen molar-refractivity contribution in [3.8, 4) is 0 Å². The van der Waals surface area contributed by atoms with E-state index in [-0.39, 0.29) is 18.4 Å². The van der Waals surface area contributed by atoms with Crippen LogP contribution in [-0.4, -0.2) is 28.6 Å². The van der Waals surface area contributed by atoms with Crippen LogP contribution in [-0.2, 0) is 11.3 Å². The summed E-state index contributed by atoms with van der Waals surface area (Å²) in [4.78, 5) is 13.6. The molecule has 0 aromatic heterocycles. The van der Waals surface area contributed by atoms with Gasteiger partial charge in [0.2, 0.25) is 0 Å². The number of carboxylic acid groups (broad SMARTS) is 1. The van der Waals surface area contributed by atoms with Crippen LogP contribution in [0.15, 0.2) is 30.3 Å². The highest BCUT2D eigenvalue weighted by atomic mass is 35.5. The van der Waals surface area contributed by atoms with Gasteiger partial charge in [0.1, 0.15) is 0 Å². The van der Waals surface area contributed by atoms with Crippen molar-refractivity contribution in [1.82, 2.24) is 4.90 Å². The first-order chi connectivity index (χ1) is 8.14. The van der Waals surface area contributed by atoms with Crippen LogP contribution < -0.4 is 0 Å². The van der Waals surface area contributed by atoms with Crippen molar-refractivity contribution in [2.24, 2.45) is 11.3 Å². The Labute approximate surface area is 113 Å². The van der Waals surface area contributed by atoms with Gasteiger partial charge in [0, 0.05) is 19.1 Å². The Kier molecular flexibility index (Phi) is 3.39. The van der Waals surface area contributed by atoms with Crippen molar-refractivity contribution < 1.29 is 9.90 Å². The molecular weight excluding hydrogens is 250 g/mol. The molecule has 18 heavy (non-hydrogen) atoms. The first-order valence-electron chi connectivity index (χ1n) is 6.16. The highest BCUT2D eigenvalue weighted by Crippen LogP contribution is 2.61. The summed E-state index contributed by atoms with van der Waals surface area (Å²) in [5.74, 6) is -0.232. The van der Waals surface area contributed by atoms with E-state index in [9.17, 15) is 9.90 Å². The van der Waals surface area contributed by atoms with E-state index in [1.165, 1.54) is 5.56 Å². The summed E-state index contributed by atoms with van der Waals surface area (Å²) in [6.07, 6.45) is 0.870. The number of nitrogens with zero attached hydrogens (tertiary/aromatic N) is 1. The smallest absolute Gasteiger partial charge is 0.311 e. The number of hydrogen-bond donors (Lipinski definition) is 1. The maximum absolute atomic E-state index is 11.3. The molecule has 3 rings (SSSR count). The van der Waals surface area contributed by atoms with Crippen LogP contribution in [0.3, 0.4) is 0 Å². The van der Waals surface area contributed by atoms with E-state index in [2.05, 4.69) is 24.0 Å². The molecule has 0 amide bonds. The number of carboxylic acids is 1. The van der Waals surface area contributed by atoms with Gasteiger partial charge in [-0.25, -0.2) is 0 Å². The highest BCUT2D eigenvalue weighted by molar-refractivity contribution is 5.85. The molecule has 2 fully saturated rings. The van der Waals surface area contributed by atoms with Crippen molar-refractivity contribution in [1.29, 1.82) is 0 Å². The summed E-state index contributed by atoms with van der Waals surface area (Å²) in [5, 5.41) is 9.34. The van der Waals surface area contributed by atoms with Crippen LogP contribution >= 0.6 is 12.4 Å². The third kappa shape index (κ3) is 1.82. The first kappa shape index (κ1) is 13.4. The SMILES string of the molecule is C[C@H]1N(Cc2ccccc2)C[C@H]2C[C@]21C(=O)O.Cl. The van der Waals surface area contributed by atoms with Crippen molar-refractivity contribution in [2.75, 3.05) is 6.54 Å². The lowest BCUT2D eigenvalue weighted by Gasteiger charge is -2.27. The number of fused-ring (bicyclic) bond motifs is 1. The summed E-state index contributed by atoms with van der Waals surface area (Å²) in [5.41, 5.74) is 0.829. The number of carbonyl (C=O) groups is 1. The van der Waals surface area contributed by atoms with Gasteiger partial charge in [0.15, 0.2) is 0 Å². The topological polar surface area (TPSA) is 40.5 Å². The van der Waals surface area contributed by atoms with Crippen molar-refractivity contribution in [3.63, 3.8) is 0 Å². The van der Waals surface area contributed by atoms with Gasteiger partial charge in [-0.2, -0.15) is 0 Å². The maximum Gasteiger partial charge on any atom is 0.311 e. The van der Waals surface area contributed by atoms with Gasteiger partial charge in [-0.05, 0) is 24.8 Å². The highest BCUT2D eigenvalue weighted by Gasteiger charge is 2.69. The van der Waals surface area contributed by atoms with Crippen LogP contribution in [0, 0.1) is 11.3 Å². The van der Waals surface area contributed by atoms with E-state index in [0.29, 0.717) is 5.92 Å². The number of rotatable bonds is 3. The Morgan fingerprint density at radius 2 is 2.11 bits per heavy atom. The van der Waals surface area contributed by atoms with Crippen molar-refractivity contribution >= 4 is 18.4 Å². The molecule has 1 heterocycles. The number of aliphatic carboxylic acids is 1. The minimum atomic E-state index is -0.606. The molecule has 4 heteroatoms. The average molecular weight is 268 g/mol. The quantitative estimate of drug-likeness (QED) is 0.914. The van der Waals surface area contributed by atoms with E-state index in [4.69, 9.17) is 0 Å². The molecule has 2 aliphatic rings. The summed E-state index contributed by atoms with van der Waals surface area (Å²) in [6, 6.07) is 10.4. The molecule has 1 saturated heterocycles. The standard InChI is InChI=1S/C14H17NO2.ClH/c1-10-14(13(16)17)7-12(14)9-15(10)8-11-5-3-2-4-6-11;/h2-6,10,12H,7-9H2,1H3,(H,16,17);1H/t10-,12-,14-;/m1./s1. The van der Waals surface area contributed by atoms with Crippen molar-refractivity contribution in [2.45, 2.75) is 25.9 Å². The molecule has 98 valence electrons. The zero-order chi connectivity index (χ0) is 12.0. The van der Waals surface area contributed by atoms with Crippen molar-refractivity contribution in [3.05, 3.63) is 35.9 Å². The second kappa shape index (κ2) is 4.56. The summed E-state index contributed by atoms with van der Waals surface area (Å²) >= 11 is 0. The minimum Gasteiger partial charge on any atom is -0.481 e. The molecule has 1 aromatic rings. The van der Waals surface area contributed by atoms with Gasteiger partial charge in [-0.3, -0.25) is 9.69 Å². The lowest BCUT2D eigenvalue weighted by Crippen LogP contribution is -2.37. The largest absolute Gasteiger partial charge is 0.481 e. The molecule has 1 aromatic carbocycles. The van der Waals surface area contributed by atoms with Crippen LogP contribution in [0.25, 0.3) is 0 Å². The van der Waals surface area contributed by atoms with Gasteiger partial charge < -0.3 is 5.11 Å². The van der Waals surface area contributed by atoms with E-state index in [1.807, 2.05) is 18.2 Å². The zero-order valence-electron chi connectivity index (χ0n) is 10.4. The molecular formula is C14H18ClNO2. The van der Waals surface area contributed by atoms with E-state index in [1.54, 1.807) is 0 Å². The van der Waals surface area contributed by atoms with Crippen LogP contribution in [0.2, 0.25) is 0 Å². The number of likely N-dealkylation sites (tertiary alicyclic amines) is 1. The molecule has 0 bridgehead atoms. The lowest BCUT2D eigenvalue weighted by atomic mass is 9.98. The van der Waals surface area contributed by atoms with Crippen LogP contribution in [0.4, 0.5) is 0 Å². The second-order valence-electron chi connectivity index (χ2n) is 5.34. The van der Waals surface area contributed by atoms with Gasteiger partial charge in [0.05, 0.1) is 5.41 Å². The summed E-state index contributed by atoms with van der Waals surface area (Å²) < 4.78 is 0. The molecule has 1 N–H and O–H groups in total. The van der Waals surface area contributed by atoms with Gasteiger partial charge in [-0.1, -0.05) is 30.3 Å². The molecule has 3 atom stereocenters. The first-order valence-corrected chi connectivity index (χ1v) is 6.16. The van der Waals surface area contributed by atoms with E-state index < -0.39 is 11.4 Å². The fraction of sp³-hybridized carbons (Fsp3) is 0.500.